The van der Waals surface area contributed by atoms with Gasteiger partial charge >= 0.3 is 12.1 Å². The van der Waals surface area contributed by atoms with Gasteiger partial charge in [-0.05, 0) is 18.1 Å². The molecule has 0 bridgehead atoms. The van der Waals surface area contributed by atoms with Crippen molar-refractivity contribution in [3.8, 4) is 0 Å². The van der Waals surface area contributed by atoms with Crippen molar-refractivity contribution in [1.82, 2.24) is 5.32 Å². The fourth-order valence-corrected chi connectivity index (χ4v) is 3.61. The van der Waals surface area contributed by atoms with Crippen LogP contribution in [0.3, 0.4) is 0 Å². The summed E-state index contributed by atoms with van der Waals surface area (Å²) < 4.78 is 66.6. The van der Waals surface area contributed by atoms with Crippen LogP contribution in [0, 0.1) is 5.82 Å². The van der Waals surface area contributed by atoms with Gasteiger partial charge in [0.2, 0.25) is 0 Å². The number of carbonyl (C=O) groups excluding carboxylic acids is 1. The molecule has 0 radical (unpaired) electrons. The fraction of sp³-hybridized carbons (Fsp3) is 0.333. The second kappa shape index (κ2) is 6.79. The number of ketones is 1. The number of halogens is 5. The normalized spacial score (nSPS) is 20.0. The molecule has 2 aliphatic rings. The van der Waals surface area contributed by atoms with Crippen LogP contribution >= 0.6 is 0 Å². The lowest BCUT2D eigenvalue weighted by Crippen LogP contribution is -2.31. The molecule has 0 fully saturated rings. The Labute approximate surface area is 150 Å². The molecule has 3 rings (SSSR count). The first-order chi connectivity index (χ1) is 12.6. The van der Waals surface area contributed by atoms with Crippen molar-refractivity contribution in [1.29, 1.82) is 0 Å². The minimum atomic E-state index is -4.75. The number of alkyl halides is 4. The Morgan fingerprint density at radius 1 is 1.26 bits per heavy atom. The Hall–Kier alpha value is -2.71. The molecule has 1 aromatic carbocycles. The van der Waals surface area contributed by atoms with Crippen LogP contribution in [0.25, 0.3) is 0 Å². The molecule has 0 amide bonds. The monoisotopic (exact) mass is 387 g/mol. The fourth-order valence-electron chi connectivity index (χ4n) is 3.61. The lowest BCUT2D eigenvalue weighted by molar-refractivity contribution is -0.133. The van der Waals surface area contributed by atoms with Gasteiger partial charge in [0, 0.05) is 29.2 Å². The summed E-state index contributed by atoms with van der Waals surface area (Å²) in [4.78, 5) is 24.1. The van der Waals surface area contributed by atoms with E-state index in [0.717, 1.165) is 18.2 Å². The Balaban J connectivity index is 2.27. The van der Waals surface area contributed by atoms with Crippen LogP contribution in [0.15, 0.2) is 40.7 Å². The number of allylic oxidation sites excluding steroid dienone is 3. The van der Waals surface area contributed by atoms with E-state index in [-0.39, 0.29) is 35.4 Å². The zero-order valence-corrected chi connectivity index (χ0v) is 13.8. The highest BCUT2D eigenvalue weighted by Gasteiger charge is 2.43. The summed E-state index contributed by atoms with van der Waals surface area (Å²) in [6.07, 6.45) is -6.18. The van der Waals surface area contributed by atoms with E-state index in [1.807, 2.05) is 0 Å². The van der Waals surface area contributed by atoms with E-state index in [0.29, 0.717) is 0 Å². The topological polar surface area (TPSA) is 66.4 Å². The third-order valence-electron chi connectivity index (χ3n) is 4.64. The molecule has 144 valence electrons. The van der Waals surface area contributed by atoms with Crippen LogP contribution < -0.4 is 5.32 Å². The number of nitrogens with one attached hydrogen (secondary N) is 1. The molecule has 1 aliphatic heterocycles. The van der Waals surface area contributed by atoms with Crippen molar-refractivity contribution in [2.75, 3.05) is 6.67 Å². The van der Waals surface area contributed by atoms with Crippen molar-refractivity contribution < 1.29 is 36.6 Å². The first-order valence-corrected chi connectivity index (χ1v) is 8.03. The molecule has 0 spiro atoms. The number of benzene rings is 1. The SMILES string of the molecule is O=C(O)C1=C(CF)NC2=C(C(=O)CC2)[C@H]1c1cccc(F)c1CC(F)(F)F. The smallest absolute Gasteiger partial charge is 0.393 e. The van der Waals surface area contributed by atoms with Gasteiger partial charge in [-0.3, -0.25) is 4.79 Å². The van der Waals surface area contributed by atoms with Crippen LogP contribution in [0.4, 0.5) is 22.0 Å². The Kier molecular flexibility index (Phi) is 4.79. The van der Waals surface area contributed by atoms with E-state index in [1.165, 1.54) is 0 Å². The lowest BCUT2D eigenvalue weighted by atomic mass is 9.78. The average molecular weight is 387 g/mol. The van der Waals surface area contributed by atoms with Crippen LogP contribution in [0.1, 0.15) is 29.9 Å². The number of carboxylic acids is 1. The number of hydrogen-bond donors (Lipinski definition) is 2. The van der Waals surface area contributed by atoms with E-state index in [9.17, 15) is 36.6 Å². The zero-order chi connectivity index (χ0) is 19.9. The second-order valence-electron chi connectivity index (χ2n) is 6.30. The summed E-state index contributed by atoms with van der Waals surface area (Å²) in [5.74, 6) is -4.68. The Morgan fingerprint density at radius 2 is 1.96 bits per heavy atom. The zero-order valence-electron chi connectivity index (χ0n) is 13.8. The Bertz CT molecular complexity index is 885. The molecule has 0 aromatic heterocycles. The molecule has 2 N–H and O–H groups in total. The molecule has 0 saturated heterocycles. The van der Waals surface area contributed by atoms with E-state index in [4.69, 9.17) is 0 Å². The number of hydrogen-bond acceptors (Lipinski definition) is 3. The van der Waals surface area contributed by atoms with Crippen LogP contribution in [0.2, 0.25) is 0 Å². The van der Waals surface area contributed by atoms with Crippen molar-refractivity contribution >= 4 is 11.8 Å². The molecule has 1 heterocycles. The highest BCUT2D eigenvalue weighted by Crippen LogP contribution is 2.45. The van der Waals surface area contributed by atoms with Gasteiger partial charge in [0.1, 0.15) is 12.5 Å². The molecule has 4 nitrogen and oxygen atoms in total. The van der Waals surface area contributed by atoms with Crippen molar-refractivity contribution in [3.63, 3.8) is 0 Å². The van der Waals surface area contributed by atoms with Gasteiger partial charge in [-0.1, -0.05) is 12.1 Å². The number of aliphatic carboxylic acids is 1. The lowest BCUT2D eigenvalue weighted by Gasteiger charge is -2.30. The summed E-state index contributed by atoms with van der Waals surface area (Å²) in [5, 5.41) is 12.1. The molecule has 1 aliphatic carbocycles. The number of Topliss-reactive ketones (excluding diaryl/α,β-unsaturated/α-hetero) is 1. The maximum atomic E-state index is 14.2. The number of carbonyl (C=O) groups is 2. The minimum absolute atomic E-state index is 0.0184. The predicted molar refractivity (Wildman–Crippen MR) is 83.9 cm³/mol. The molecule has 1 aromatic rings. The van der Waals surface area contributed by atoms with Crippen molar-refractivity contribution in [2.24, 2.45) is 0 Å². The van der Waals surface area contributed by atoms with Crippen LogP contribution in [-0.2, 0) is 16.0 Å². The van der Waals surface area contributed by atoms with E-state index >= 15 is 0 Å². The van der Waals surface area contributed by atoms with Gasteiger partial charge in [-0.25, -0.2) is 13.6 Å². The van der Waals surface area contributed by atoms with E-state index in [1.54, 1.807) is 0 Å². The van der Waals surface area contributed by atoms with Crippen molar-refractivity contribution in [3.05, 3.63) is 57.7 Å². The molecule has 9 heteroatoms. The van der Waals surface area contributed by atoms with Gasteiger partial charge in [0.05, 0.1) is 17.7 Å². The van der Waals surface area contributed by atoms with Crippen LogP contribution in [-0.4, -0.2) is 29.7 Å². The summed E-state index contributed by atoms with van der Waals surface area (Å²) in [6.45, 7) is -1.22. The first-order valence-electron chi connectivity index (χ1n) is 8.03. The van der Waals surface area contributed by atoms with Gasteiger partial charge in [-0.15, -0.1) is 0 Å². The molecule has 27 heavy (non-hydrogen) atoms. The van der Waals surface area contributed by atoms with Crippen LogP contribution in [0.5, 0.6) is 0 Å². The predicted octanol–water partition coefficient (Wildman–Crippen LogP) is 3.54. The number of rotatable bonds is 4. The number of carboxylic acid groups (broad SMARTS) is 1. The first kappa shape index (κ1) is 19.1. The summed E-state index contributed by atoms with van der Waals surface area (Å²) in [6, 6.07) is 3.12. The third-order valence-corrected chi connectivity index (χ3v) is 4.64. The standard InChI is InChI=1S/C18H14F5NO3/c19-7-12-16(17(26)27)14(15-11(24-12)4-5-13(15)25)8-2-1-3-10(20)9(8)6-18(21,22)23/h1-3,14,24H,4-7H2,(H,26,27)/t14-/m1/s1. The number of dihydropyridines is 1. The Morgan fingerprint density at radius 3 is 2.56 bits per heavy atom. The maximum absolute atomic E-state index is 14.2. The summed E-state index contributed by atoms with van der Waals surface area (Å²) in [7, 11) is 0. The molecule has 0 unspecified atom stereocenters. The average Bonchev–Trinajstić information content (AvgIpc) is 2.95. The van der Waals surface area contributed by atoms with Gasteiger partial charge in [0.25, 0.3) is 0 Å². The van der Waals surface area contributed by atoms with Gasteiger partial charge < -0.3 is 10.4 Å². The molecular formula is C18H14F5NO3. The highest BCUT2D eigenvalue weighted by molar-refractivity contribution is 6.04. The molecular weight excluding hydrogens is 373 g/mol. The molecule has 1 atom stereocenters. The minimum Gasteiger partial charge on any atom is -0.478 e. The van der Waals surface area contributed by atoms with E-state index in [2.05, 4.69) is 5.32 Å². The highest BCUT2D eigenvalue weighted by atomic mass is 19.4. The summed E-state index contributed by atoms with van der Waals surface area (Å²) in [5.41, 5.74) is -1.74. The van der Waals surface area contributed by atoms with E-state index < -0.39 is 53.9 Å². The van der Waals surface area contributed by atoms with Gasteiger partial charge in [-0.2, -0.15) is 13.2 Å². The second-order valence-corrected chi connectivity index (χ2v) is 6.30. The van der Waals surface area contributed by atoms with Crippen molar-refractivity contribution in [2.45, 2.75) is 31.4 Å². The quantitative estimate of drug-likeness (QED) is 0.776. The van der Waals surface area contributed by atoms with Gasteiger partial charge in [0.15, 0.2) is 5.78 Å². The summed E-state index contributed by atoms with van der Waals surface area (Å²) >= 11 is 0. The largest absolute Gasteiger partial charge is 0.478 e. The third kappa shape index (κ3) is 3.45. The maximum Gasteiger partial charge on any atom is 0.393 e. The molecule has 0 saturated carbocycles.